The zero-order valence-electron chi connectivity index (χ0n) is 15.0. The van der Waals surface area contributed by atoms with Gasteiger partial charge in [-0.2, -0.15) is 0 Å². The molecule has 2 amide bonds. The third kappa shape index (κ3) is 4.95. The predicted octanol–water partition coefficient (Wildman–Crippen LogP) is 3.32. The fraction of sp³-hybridized carbons (Fsp3) is 0.238. The molecular weight excluding hydrogens is 312 g/mol. The summed E-state index contributed by atoms with van der Waals surface area (Å²) in [5.74, 6) is 4.53. The Bertz CT molecular complexity index is 824. The molecule has 0 saturated heterocycles. The van der Waals surface area contributed by atoms with Gasteiger partial charge in [-0.3, -0.25) is 15.0 Å². The van der Waals surface area contributed by atoms with E-state index in [1.54, 1.807) is 12.1 Å². The molecule has 4 nitrogen and oxygen atoms in total. The first-order chi connectivity index (χ1) is 11.8. The zero-order valence-corrected chi connectivity index (χ0v) is 15.0. The van der Waals surface area contributed by atoms with Crippen LogP contribution in [0.4, 0.5) is 0 Å². The number of hydrogen-bond acceptors (Lipinski definition) is 2. The molecule has 0 fully saturated rings. The van der Waals surface area contributed by atoms with Crippen LogP contribution < -0.4 is 5.43 Å². The lowest BCUT2D eigenvalue weighted by atomic mass is 10.0. The third-order valence-corrected chi connectivity index (χ3v) is 3.56. The maximum Gasteiger partial charge on any atom is 0.314 e. The maximum absolute atomic E-state index is 12.9. The van der Waals surface area contributed by atoms with Gasteiger partial charge >= 0.3 is 5.91 Å². The number of hydrogen-bond donors (Lipinski definition) is 1. The summed E-state index contributed by atoms with van der Waals surface area (Å²) in [6, 6.07) is 16.5. The van der Waals surface area contributed by atoms with Crippen LogP contribution in [0.25, 0.3) is 0 Å². The van der Waals surface area contributed by atoms with Crippen LogP contribution in [0.15, 0.2) is 54.6 Å². The van der Waals surface area contributed by atoms with Gasteiger partial charge in [0.25, 0.3) is 5.91 Å². The van der Waals surface area contributed by atoms with Crippen molar-refractivity contribution >= 4 is 11.8 Å². The van der Waals surface area contributed by atoms with Crippen LogP contribution in [0.3, 0.4) is 0 Å². The average molecular weight is 334 g/mol. The molecule has 1 N–H and O–H groups in total. The second kappa shape index (κ2) is 7.67. The van der Waals surface area contributed by atoms with E-state index < -0.39 is 11.4 Å². The molecule has 0 unspecified atom stereocenters. The minimum atomic E-state index is -0.594. The number of benzene rings is 2. The van der Waals surface area contributed by atoms with Gasteiger partial charge < -0.3 is 0 Å². The Balaban J connectivity index is 2.22. The van der Waals surface area contributed by atoms with E-state index in [1.165, 1.54) is 5.01 Å². The van der Waals surface area contributed by atoms with E-state index in [0.717, 1.165) is 11.1 Å². The number of aryl methyl sites for hydroxylation is 1. The molecule has 4 heteroatoms. The number of amides is 2. The Kier molecular flexibility index (Phi) is 5.61. The molecule has 0 aliphatic rings. The van der Waals surface area contributed by atoms with Gasteiger partial charge in [-0.15, -0.1) is 0 Å². The first-order valence-electron chi connectivity index (χ1n) is 8.07. The normalized spacial score (nSPS) is 10.4. The van der Waals surface area contributed by atoms with Gasteiger partial charge in [0.05, 0.1) is 5.54 Å². The van der Waals surface area contributed by atoms with E-state index in [-0.39, 0.29) is 5.91 Å². The average Bonchev–Trinajstić information content (AvgIpc) is 2.57. The van der Waals surface area contributed by atoms with Crippen molar-refractivity contribution in [1.82, 2.24) is 10.4 Å². The standard InChI is InChI=1S/C21H22N2O2/c1-16-10-8-9-13-18(16)20(25)23(21(2,3)4)22-19(24)15-14-17-11-6-5-7-12-17/h5-13H,1-4H3,(H,22,24). The van der Waals surface area contributed by atoms with Gasteiger partial charge in [-0.25, -0.2) is 5.01 Å². The summed E-state index contributed by atoms with van der Waals surface area (Å²) in [5, 5.41) is 1.33. The second-order valence-electron chi connectivity index (χ2n) is 6.68. The molecule has 2 rings (SSSR count). The van der Waals surface area contributed by atoms with E-state index in [4.69, 9.17) is 0 Å². The Hall–Kier alpha value is -3.06. The number of rotatable bonds is 1. The van der Waals surface area contributed by atoms with Gasteiger partial charge in [0.15, 0.2) is 0 Å². The van der Waals surface area contributed by atoms with Crippen LogP contribution in [0, 0.1) is 18.8 Å². The van der Waals surface area contributed by atoms with Gasteiger partial charge in [-0.1, -0.05) is 42.3 Å². The molecule has 0 aliphatic carbocycles. The topological polar surface area (TPSA) is 49.4 Å². The smallest absolute Gasteiger partial charge is 0.267 e. The molecule has 0 aliphatic heterocycles. The number of nitrogens with zero attached hydrogens (tertiary/aromatic N) is 1. The number of nitrogens with one attached hydrogen (secondary N) is 1. The van der Waals surface area contributed by atoms with Crippen LogP contribution >= 0.6 is 0 Å². The summed E-state index contributed by atoms with van der Waals surface area (Å²) in [4.78, 5) is 25.1. The van der Waals surface area contributed by atoms with Crippen molar-refractivity contribution in [3.8, 4) is 11.8 Å². The molecular formula is C21H22N2O2. The van der Waals surface area contributed by atoms with E-state index in [9.17, 15) is 9.59 Å². The quantitative estimate of drug-likeness (QED) is 0.642. The van der Waals surface area contributed by atoms with E-state index in [1.807, 2.05) is 70.2 Å². The van der Waals surface area contributed by atoms with Crippen molar-refractivity contribution in [3.63, 3.8) is 0 Å². The minimum absolute atomic E-state index is 0.263. The minimum Gasteiger partial charge on any atom is -0.267 e. The summed E-state index contributed by atoms with van der Waals surface area (Å²) in [6.07, 6.45) is 0. The number of hydrazine groups is 1. The summed E-state index contributed by atoms with van der Waals surface area (Å²) in [5.41, 5.74) is 4.17. The predicted molar refractivity (Wildman–Crippen MR) is 98.6 cm³/mol. The number of carbonyl (C=O) groups is 2. The van der Waals surface area contributed by atoms with Crippen molar-refractivity contribution in [2.45, 2.75) is 33.2 Å². The van der Waals surface area contributed by atoms with Crippen LogP contribution in [-0.4, -0.2) is 22.4 Å². The molecule has 0 saturated carbocycles. The van der Waals surface area contributed by atoms with E-state index >= 15 is 0 Å². The van der Waals surface area contributed by atoms with Crippen molar-refractivity contribution in [3.05, 3.63) is 71.3 Å². The van der Waals surface area contributed by atoms with Crippen molar-refractivity contribution in [2.75, 3.05) is 0 Å². The summed E-state index contributed by atoms with van der Waals surface area (Å²) < 4.78 is 0. The fourth-order valence-electron chi connectivity index (χ4n) is 2.24. The fourth-order valence-corrected chi connectivity index (χ4v) is 2.24. The molecule has 0 bridgehead atoms. The van der Waals surface area contributed by atoms with Crippen molar-refractivity contribution in [1.29, 1.82) is 0 Å². The molecule has 0 aromatic heterocycles. The highest BCUT2D eigenvalue weighted by atomic mass is 16.2. The molecule has 0 atom stereocenters. The molecule has 0 radical (unpaired) electrons. The second-order valence-corrected chi connectivity index (χ2v) is 6.68. The molecule has 0 spiro atoms. The molecule has 2 aromatic rings. The first kappa shape index (κ1) is 18.3. The monoisotopic (exact) mass is 334 g/mol. The zero-order chi connectivity index (χ0) is 18.4. The molecule has 0 heterocycles. The molecule has 25 heavy (non-hydrogen) atoms. The lowest BCUT2D eigenvalue weighted by Crippen LogP contribution is -2.55. The lowest BCUT2D eigenvalue weighted by Gasteiger charge is -2.35. The van der Waals surface area contributed by atoms with Gasteiger partial charge in [0.2, 0.25) is 0 Å². The molecule has 2 aromatic carbocycles. The summed E-state index contributed by atoms with van der Waals surface area (Å²) >= 11 is 0. The van der Waals surface area contributed by atoms with Gasteiger partial charge in [0.1, 0.15) is 0 Å². The lowest BCUT2D eigenvalue weighted by molar-refractivity contribution is -0.121. The highest BCUT2D eigenvalue weighted by Gasteiger charge is 2.29. The van der Waals surface area contributed by atoms with Crippen molar-refractivity contribution in [2.24, 2.45) is 0 Å². The van der Waals surface area contributed by atoms with Gasteiger partial charge in [0, 0.05) is 17.0 Å². The Morgan fingerprint density at radius 2 is 1.56 bits per heavy atom. The van der Waals surface area contributed by atoms with Crippen molar-refractivity contribution < 1.29 is 9.59 Å². The van der Waals surface area contributed by atoms with E-state index in [0.29, 0.717) is 5.56 Å². The summed E-state index contributed by atoms with van der Waals surface area (Å²) in [6.45, 7) is 7.43. The Labute approximate surface area is 148 Å². The first-order valence-corrected chi connectivity index (χ1v) is 8.07. The van der Waals surface area contributed by atoms with Crippen LogP contribution in [0.5, 0.6) is 0 Å². The SMILES string of the molecule is Cc1ccccc1C(=O)N(NC(=O)C#Cc1ccccc1)C(C)(C)C. The largest absolute Gasteiger partial charge is 0.314 e. The number of carbonyl (C=O) groups excluding carboxylic acids is 2. The summed E-state index contributed by atoms with van der Waals surface area (Å²) in [7, 11) is 0. The van der Waals surface area contributed by atoms with Crippen LogP contribution in [0.2, 0.25) is 0 Å². The van der Waals surface area contributed by atoms with Crippen LogP contribution in [-0.2, 0) is 4.79 Å². The maximum atomic E-state index is 12.9. The van der Waals surface area contributed by atoms with Crippen LogP contribution in [0.1, 0.15) is 42.3 Å². The van der Waals surface area contributed by atoms with E-state index in [2.05, 4.69) is 17.3 Å². The highest BCUT2D eigenvalue weighted by Crippen LogP contribution is 2.17. The highest BCUT2D eigenvalue weighted by molar-refractivity contribution is 6.00. The Morgan fingerprint density at radius 1 is 0.960 bits per heavy atom. The third-order valence-electron chi connectivity index (χ3n) is 3.56. The molecule has 128 valence electrons. The Morgan fingerprint density at radius 3 is 2.16 bits per heavy atom. The van der Waals surface area contributed by atoms with Gasteiger partial charge in [-0.05, 0) is 51.5 Å².